The van der Waals surface area contributed by atoms with Gasteiger partial charge in [0.1, 0.15) is 0 Å². The third-order valence-corrected chi connectivity index (χ3v) is 4.12. The second-order valence-corrected chi connectivity index (χ2v) is 6.19. The molecular formula is C14H29N3O. The van der Waals surface area contributed by atoms with E-state index in [9.17, 15) is 4.79 Å². The maximum Gasteiger partial charge on any atom is 0.239 e. The first-order valence-corrected chi connectivity index (χ1v) is 7.05. The maximum absolute atomic E-state index is 12.3. The minimum Gasteiger partial charge on any atom is -0.341 e. The number of nitrogens with two attached hydrogens (primary N) is 1. The molecule has 0 bridgehead atoms. The van der Waals surface area contributed by atoms with Gasteiger partial charge < -0.3 is 15.5 Å². The second kappa shape index (κ2) is 6.53. The minimum atomic E-state index is -0.343. The highest BCUT2D eigenvalue weighted by Gasteiger charge is 2.30. The lowest BCUT2D eigenvalue weighted by molar-refractivity contribution is -0.134. The van der Waals surface area contributed by atoms with Gasteiger partial charge in [-0.2, -0.15) is 0 Å². The Bertz CT molecular complexity index is 280. The molecule has 106 valence electrons. The molecule has 1 amide bonds. The number of amides is 1. The first-order chi connectivity index (χ1) is 8.32. The Labute approximate surface area is 111 Å². The molecule has 1 rings (SSSR count). The van der Waals surface area contributed by atoms with Crippen molar-refractivity contribution in [2.45, 2.75) is 58.2 Å². The number of rotatable bonds is 4. The molecular weight excluding hydrogens is 226 g/mol. The normalized spacial score (nSPS) is 27.3. The molecule has 0 radical (unpaired) electrons. The third kappa shape index (κ3) is 3.95. The molecule has 4 heteroatoms. The van der Waals surface area contributed by atoms with Crippen molar-refractivity contribution >= 4 is 5.91 Å². The monoisotopic (exact) mass is 255 g/mol. The molecule has 1 saturated heterocycles. The molecule has 0 aliphatic carbocycles. The number of carbonyl (C=O) groups is 1. The Morgan fingerprint density at radius 2 is 2.11 bits per heavy atom. The first-order valence-electron chi connectivity index (χ1n) is 7.05. The van der Waals surface area contributed by atoms with Crippen LogP contribution in [0.3, 0.4) is 0 Å². The summed E-state index contributed by atoms with van der Waals surface area (Å²) in [5, 5.41) is 0. The van der Waals surface area contributed by atoms with Gasteiger partial charge in [-0.25, -0.2) is 0 Å². The van der Waals surface area contributed by atoms with E-state index in [2.05, 4.69) is 32.7 Å². The van der Waals surface area contributed by atoms with Crippen molar-refractivity contribution in [3.8, 4) is 0 Å². The molecule has 18 heavy (non-hydrogen) atoms. The van der Waals surface area contributed by atoms with Crippen LogP contribution in [0.2, 0.25) is 0 Å². The van der Waals surface area contributed by atoms with Crippen LogP contribution in [0.25, 0.3) is 0 Å². The quantitative estimate of drug-likeness (QED) is 0.824. The van der Waals surface area contributed by atoms with E-state index in [0.29, 0.717) is 18.0 Å². The second-order valence-electron chi connectivity index (χ2n) is 6.19. The summed E-state index contributed by atoms with van der Waals surface area (Å²) in [7, 11) is 4.05. The fourth-order valence-electron chi connectivity index (χ4n) is 2.67. The molecule has 2 N–H and O–H groups in total. The number of piperidine rings is 1. The lowest BCUT2D eigenvalue weighted by atomic mass is 9.96. The summed E-state index contributed by atoms with van der Waals surface area (Å²) in [6, 6.07) is 0.548. The van der Waals surface area contributed by atoms with E-state index in [1.54, 1.807) is 0 Å². The Morgan fingerprint density at radius 3 is 2.61 bits per heavy atom. The van der Waals surface area contributed by atoms with Gasteiger partial charge >= 0.3 is 0 Å². The van der Waals surface area contributed by atoms with Crippen molar-refractivity contribution in [2.75, 3.05) is 20.6 Å². The predicted molar refractivity (Wildman–Crippen MR) is 75.3 cm³/mol. The van der Waals surface area contributed by atoms with E-state index in [0.717, 1.165) is 25.8 Å². The molecule has 0 aromatic heterocycles. The van der Waals surface area contributed by atoms with Crippen LogP contribution in [0.15, 0.2) is 0 Å². The minimum absolute atomic E-state index is 0.102. The van der Waals surface area contributed by atoms with Crippen molar-refractivity contribution in [3.05, 3.63) is 0 Å². The summed E-state index contributed by atoms with van der Waals surface area (Å²) in [4.78, 5) is 16.5. The molecule has 0 spiro atoms. The van der Waals surface area contributed by atoms with Gasteiger partial charge in [-0.1, -0.05) is 13.8 Å². The fraction of sp³-hybridized carbons (Fsp3) is 0.929. The van der Waals surface area contributed by atoms with E-state index in [1.165, 1.54) is 0 Å². The molecule has 3 atom stereocenters. The topological polar surface area (TPSA) is 49.6 Å². The van der Waals surface area contributed by atoms with Crippen molar-refractivity contribution in [1.82, 2.24) is 9.80 Å². The zero-order valence-corrected chi connectivity index (χ0v) is 12.5. The van der Waals surface area contributed by atoms with Gasteiger partial charge in [0, 0.05) is 25.7 Å². The molecule has 1 aliphatic rings. The summed E-state index contributed by atoms with van der Waals surface area (Å²) >= 11 is 0. The number of hydrogen-bond acceptors (Lipinski definition) is 3. The van der Waals surface area contributed by atoms with E-state index in [1.807, 2.05) is 11.9 Å². The van der Waals surface area contributed by atoms with Crippen LogP contribution in [-0.2, 0) is 4.79 Å². The number of nitrogens with zero attached hydrogens (tertiary/aromatic N) is 2. The van der Waals surface area contributed by atoms with Crippen LogP contribution in [0.5, 0.6) is 0 Å². The van der Waals surface area contributed by atoms with Gasteiger partial charge in [-0.3, -0.25) is 4.79 Å². The Kier molecular flexibility index (Phi) is 5.60. The van der Waals surface area contributed by atoms with Gasteiger partial charge in [-0.05, 0) is 39.2 Å². The van der Waals surface area contributed by atoms with Crippen molar-refractivity contribution in [1.29, 1.82) is 0 Å². The van der Waals surface area contributed by atoms with Gasteiger partial charge in [-0.15, -0.1) is 0 Å². The molecule has 0 unspecified atom stereocenters. The smallest absolute Gasteiger partial charge is 0.239 e. The molecule has 1 aliphatic heterocycles. The number of carbonyl (C=O) groups excluding carboxylic acids is 1. The highest BCUT2D eigenvalue weighted by molar-refractivity contribution is 5.81. The predicted octanol–water partition coefficient (Wildman–Crippen LogP) is 1.30. The van der Waals surface area contributed by atoms with Crippen molar-refractivity contribution < 1.29 is 4.79 Å². The zero-order valence-electron chi connectivity index (χ0n) is 12.5. The average Bonchev–Trinajstić information content (AvgIpc) is 2.30. The lowest BCUT2D eigenvalue weighted by Gasteiger charge is -2.40. The van der Waals surface area contributed by atoms with E-state index in [4.69, 9.17) is 5.73 Å². The van der Waals surface area contributed by atoms with E-state index < -0.39 is 0 Å². The van der Waals surface area contributed by atoms with Gasteiger partial charge in [0.25, 0.3) is 0 Å². The van der Waals surface area contributed by atoms with Crippen LogP contribution < -0.4 is 5.73 Å². The van der Waals surface area contributed by atoms with Crippen molar-refractivity contribution in [3.63, 3.8) is 0 Å². The first kappa shape index (κ1) is 15.4. The zero-order chi connectivity index (χ0) is 13.9. The van der Waals surface area contributed by atoms with Crippen LogP contribution in [-0.4, -0.2) is 54.5 Å². The number of likely N-dealkylation sites (tertiary alicyclic amines) is 1. The standard InChI is InChI=1S/C14H29N3O/c1-10(2)8-13(15)14(18)17(5)12-6-7-16(4)11(3)9-12/h10-13H,6-9,15H2,1-5H3/t11-,12-,13+/m1/s1. The van der Waals surface area contributed by atoms with Gasteiger partial charge in [0.05, 0.1) is 6.04 Å². The van der Waals surface area contributed by atoms with Crippen molar-refractivity contribution in [2.24, 2.45) is 11.7 Å². The van der Waals surface area contributed by atoms with Crippen LogP contribution in [0, 0.1) is 5.92 Å². The highest BCUT2D eigenvalue weighted by atomic mass is 16.2. The lowest BCUT2D eigenvalue weighted by Crippen LogP contribution is -2.52. The Balaban J connectivity index is 2.53. The number of likely N-dealkylation sites (N-methyl/N-ethyl adjacent to an activating group) is 1. The average molecular weight is 255 g/mol. The fourth-order valence-corrected chi connectivity index (χ4v) is 2.67. The summed E-state index contributed by atoms with van der Waals surface area (Å²) in [5.74, 6) is 0.569. The van der Waals surface area contributed by atoms with Gasteiger partial charge in [0.15, 0.2) is 0 Å². The molecule has 0 aromatic carbocycles. The highest BCUT2D eigenvalue weighted by Crippen LogP contribution is 2.20. The Hall–Kier alpha value is -0.610. The van der Waals surface area contributed by atoms with Crippen LogP contribution in [0.1, 0.15) is 40.0 Å². The van der Waals surface area contributed by atoms with Crippen LogP contribution >= 0.6 is 0 Å². The van der Waals surface area contributed by atoms with Crippen LogP contribution in [0.4, 0.5) is 0 Å². The molecule has 0 saturated carbocycles. The SMILES string of the molecule is CC(C)C[C@H](N)C(=O)N(C)[C@@H]1CCN(C)[C@H](C)C1. The summed E-state index contributed by atoms with van der Waals surface area (Å²) in [5.41, 5.74) is 5.99. The largest absolute Gasteiger partial charge is 0.341 e. The maximum atomic E-state index is 12.3. The number of hydrogen-bond donors (Lipinski definition) is 1. The molecule has 4 nitrogen and oxygen atoms in total. The summed E-state index contributed by atoms with van der Waals surface area (Å²) < 4.78 is 0. The third-order valence-electron chi connectivity index (χ3n) is 4.12. The summed E-state index contributed by atoms with van der Waals surface area (Å²) in [6.45, 7) is 7.48. The Morgan fingerprint density at radius 1 is 1.50 bits per heavy atom. The summed E-state index contributed by atoms with van der Waals surface area (Å²) in [6.07, 6.45) is 2.87. The van der Waals surface area contributed by atoms with E-state index in [-0.39, 0.29) is 11.9 Å². The molecule has 1 heterocycles. The molecule has 1 fully saturated rings. The molecule has 0 aromatic rings. The van der Waals surface area contributed by atoms with E-state index >= 15 is 0 Å². The van der Waals surface area contributed by atoms with Gasteiger partial charge in [0.2, 0.25) is 5.91 Å².